The smallest absolute Gasteiger partial charge is 0.00461 e. The second kappa shape index (κ2) is 1.98. The molecule has 0 aromatic heterocycles. The van der Waals surface area contributed by atoms with Crippen LogP contribution in [0.15, 0.2) is 0 Å². The van der Waals surface area contributed by atoms with Gasteiger partial charge in [-0.3, -0.25) is 0 Å². The van der Waals surface area contributed by atoms with Gasteiger partial charge in [-0.25, -0.2) is 0 Å². The lowest BCUT2D eigenvalue weighted by Gasteiger charge is -2.18. The second-order valence-corrected chi connectivity index (χ2v) is 3.59. The van der Waals surface area contributed by atoms with Gasteiger partial charge < -0.3 is 5.73 Å². The lowest BCUT2D eigenvalue weighted by Crippen LogP contribution is -2.19. The average molecular weight is 125 g/mol. The molecule has 2 aliphatic rings. The maximum atomic E-state index is 5.62. The van der Waals surface area contributed by atoms with Crippen LogP contribution in [0.25, 0.3) is 0 Å². The molecule has 1 nitrogen and oxygen atoms in total. The standard InChI is InChI=1S/C8H15N/c9-5-7-3-1-2-6-4-8(6)7/h6-8H,1-5,9H2/t6-,7-,8+/m0/s1. The molecule has 0 amide bonds. The fraction of sp³-hybridized carbons (Fsp3) is 1.00. The molecule has 2 fully saturated rings. The number of rotatable bonds is 1. The van der Waals surface area contributed by atoms with Gasteiger partial charge in [0.05, 0.1) is 0 Å². The second-order valence-electron chi connectivity index (χ2n) is 3.59. The highest BCUT2D eigenvalue weighted by Gasteiger charge is 2.44. The summed E-state index contributed by atoms with van der Waals surface area (Å²) in [5.41, 5.74) is 5.62. The van der Waals surface area contributed by atoms with Crippen LogP contribution >= 0.6 is 0 Å². The summed E-state index contributed by atoms with van der Waals surface area (Å²) in [4.78, 5) is 0. The molecule has 0 radical (unpaired) electrons. The van der Waals surface area contributed by atoms with Crippen molar-refractivity contribution >= 4 is 0 Å². The van der Waals surface area contributed by atoms with E-state index in [0.717, 1.165) is 24.3 Å². The maximum Gasteiger partial charge on any atom is -0.00461 e. The Morgan fingerprint density at radius 1 is 1.33 bits per heavy atom. The maximum absolute atomic E-state index is 5.62. The summed E-state index contributed by atoms with van der Waals surface area (Å²) in [6, 6.07) is 0. The zero-order valence-corrected chi connectivity index (χ0v) is 5.84. The van der Waals surface area contributed by atoms with E-state index in [2.05, 4.69) is 0 Å². The van der Waals surface area contributed by atoms with Crippen molar-refractivity contribution in [3.8, 4) is 0 Å². The van der Waals surface area contributed by atoms with Gasteiger partial charge in [0.2, 0.25) is 0 Å². The normalized spacial score (nSPS) is 48.3. The first-order valence-corrected chi connectivity index (χ1v) is 4.12. The monoisotopic (exact) mass is 125 g/mol. The predicted octanol–water partition coefficient (Wildman–Crippen LogP) is 1.38. The summed E-state index contributed by atoms with van der Waals surface area (Å²) in [5.74, 6) is 3.07. The summed E-state index contributed by atoms with van der Waals surface area (Å²) in [6.45, 7) is 0.946. The summed E-state index contributed by atoms with van der Waals surface area (Å²) in [5, 5.41) is 0. The van der Waals surface area contributed by atoms with Gasteiger partial charge in [-0.05, 0) is 37.1 Å². The number of hydrogen-bond donors (Lipinski definition) is 1. The average Bonchev–Trinajstić information content (AvgIpc) is 2.64. The van der Waals surface area contributed by atoms with Crippen LogP contribution in [0, 0.1) is 17.8 Å². The minimum atomic E-state index is 0.906. The predicted molar refractivity (Wildman–Crippen MR) is 38.0 cm³/mol. The highest BCUT2D eigenvalue weighted by molar-refractivity contribution is 4.94. The van der Waals surface area contributed by atoms with E-state index in [1.54, 1.807) is 0 Å². The van der Waals surface area contributed by atoms with E-state index < -0.39 is 0 Å². The quantitative estimate of drug-likeness (QED) is 0.563. The molecule has 0 saturated heterocycles. The van der Waals surface area contributed by atoms with Crippen molar-refractivity contribution in [3.63, 3.8) is 0 Å². The summed E-state index contributed by atoms with van der Waals surface area (Å²) in [7, 11) is 0. The van der Waals surface area contributed by atoms with Gasteiger partial charge >= 0.3 is 0 Å². The molecule has 1 heteroatoms. The van der Waals surface area contributed by atoms with E-state index in [1.807, 2.05) is 0 Å². The Morgan fingerprint density at radius 3 is 2.89 bits per heavy atom. The van der Waals surface area contributed by atoms with E-state index in [-0.39, 0.29) is 0 Å². The fourth-order valence-electron chi connectivity index (χ4n) is 2.33. The van der Waals surface area contributed by atoms with Crippen LogP contribution in [-0.2, 0) is 0 Å². The van der Waals surface area contributed by atoms with E-state index in [4.69, 9.17) is 5.73 Å². The molecular formula is C8H15N. The van der Waals surface area contributed by atoms with Crippen molar-refractivity contribution in [2.75, 3.05) is 6.54 Å². The Morgan fingerprint density at radius 2 is 2.22 bits per heavy atom. The first-order valence-electron chi connectivity index (χ1n) is 4.12. The van der Waals surface area contributed by atoms with E-state index >= 15 is 0 Å². The van der Waals surface area contributed by atoms with Crippen LogP contribution in [0.4, 0.5) is 0 Å². The lowest BCUT2D eigenvalue weighted by atomic mass is 9.89. The number of nitrogens with two attached hydrogens (primary N) is 1. The van der Waals surface area contributed by atoms with Crippen molar-refractivity contribution in [2.45, 2.75) is 25.7 Å². The lowest BCUT2D eigenvalue weighted by molar-refractivity contribution is 0.343. The van der Waals surface area contributed by atoms with Crippen molar-refractivity contribution < 1.29 is 0 Å². The summed E-state index contributed by atoms with van der Waals surface area (Å²) in [6.07, 6.45) is 5.86. The topological polar surface area (TPSA) is 26.0 Å². The molecule has 52 valence electrons. The SMILES string of the molecule is NC[C@@H]1CCC[C@H]2C[C@@H]12. The first kappa shape index (κ1) is 5.72. The van der Waals surface area contributed by atoms with Gasteiger partial charge in [0, 0.05) is 0 Å². The Labute approximate surface area is 56.6 Å². The van der Waals surface area contributed by atoms with Gasteiger partial charge in [-0.15, -0.1) is 0 Å². The van der Waals surface area contributed by atoms with Crippen molar-refractivity contribution in [1.82, 2.24) is 0 Å². The zero-order chi connectivity index (χ0) is 6.27. The molecule has 9 heavy (non-hydrogen) atoms. The van der Waals surface area contributed by atoms with Gasteiger partial charge in [0.25, 0.3) is 0 Å². The summed E-state index contributed by atoms with van der Waals surface area (Å²) >= 11 is 0. The van der Waals surface area contributed by atoms with Crippen LogP contribution in [0.2, 0.25) is 0 Å². The van der Waals surface area contributed by atoms with Crippen LogP contribution < -0.4 is 5.73 Å². The van der Waals surface area contributed by atoms with Crippen LogP contribution in [-0.4, -0.2) is 6.54 Å². The Kier molecular flexibility index (Phi) is 1.26. The van der Waals surface area contributed by atoms with Gasteiger partial charge in [0.15, 0.2) is 0 Å². The van der Waals surface area contributed by atoms with Gasteiger partial charge in [0.1, 0.15) is 0 Å². The molecular weight excluding hydrogens is 110 g/mol. The molecule has 2 N–H and O–H groups in total. The van der Waals surface area contributed by atoms with E-state index in [1.165, 1.54) is 25.7 Å². The minimum Gasteiger partial charge on any atom is -0.330 e. The van der Waals surface area contributed by atoms with Crippen molar-refractivity contribution in [3.05, 3.63) is 0 Å². The largest absolute Gasteiger partial charge is 0.330 e. The molecule has 0 unspecified atom stereocenters. The van der Waals surface area contributed by atoms with E-state index in [9.17, 15) is 0 Å². The minimum absolute atomic E-state index is 0.906. The third kappa shape index (κ3) is 0.877. The third-order valence-electron chi connectivity index (χ3n) is 3.04. The van der Waals surface area contributed by atoms with Gasteiger partial charge in [-0.1, -0.05) is 12.8 Å². The van der Waals surface area contributed by atoms with Crippen molar-refractivity contribution in [1.29, 1.82) is 0 Å². The van der Waals surface area contributed by atoms with Crippen LogP contribution in [0.3, 0.4) is 0 Å². The summed E-state index contributed by atoms with van der Waals surface area (Å²) < 4.78 is 0. The highest BCUT2D eigenvalue weighted by atomic mass is 14.6. The number of fused-ring (bicyclic) bond motifs is 1. The molecule has 2 saturated carbocycles. The van der Waals surface area contributed by atoms with E-state index in [0.29, 0.717) is 0 Å². The molecule has 0 aromatic carbocycles. The fourth-order valence-corrected chi connectivity index (χ4v) is 2.33. The highest BCUT2D eigenvalue weighted by Crippen LogP contribution is 2.52. The Hall–Kier alpha value is -0.0400. The molecule has 0 heterocycles. The Bertz CT molecular complexity index is 111. The third-order valence-corrected chi connectivity index (χ3v) is 3.04. The molecule has 3 atom stereocenters. The van der Waals surface area contributed by atoms with Crippen molar-refractivity contribution in [2.24, 2.45) is 23.5 Å². The number of hydrogen-bond acceptors (Lipinski definition) is 1. The molecule has 0 aliphatic heterocycles. The van der Waals surface area contributed by atoms with Crippen LogP contribution in [0.5, 0.6) is 0 Å². The molecule has 0 spiro atoms. The zero-order valence-electron chi connectivity index (χ0n) is 5.84. The van der Waals surface area contributed by atoms with Crippen LogP contribution in [0.1, 0.15) is 25.7 Å². The first-order chi connectivity index (χ1) is 4.42. The molecule has 0 aromatic rings. The Balaban J connectivity index is 1.93. The molecule has 0 bridgehead atoms. The van der Waals surface area contributed by atoms with Gasteiger partial charge in [-0.2, -0.15) is 0 Å². The molecule has 2 rings (SSSR count). The molecule has 2 aliphatic carbocycles.